The summed E-state index contributed by atoms with van der Waals surface area (Å²) in [6.07, 6.45) is 0.187. The van der Waals surface area contributed by atoms with Crippen LogP contribution in [0, 0.1) is 10.1 Å². The average Bonchev–Trinajstić information content (AvgIpc) is 2.89. The second-order valence-corrected chi connectivity index (χ2v) is 10.5. The lowest BCUT2D eigenvalue weighted by Crippen LogP contribution is -2.41. The lowest BCUT2D eigenvalue weighted by Gasteiger charge is -2.36. The summed E-state index contributed by atoms with van der Waals surface area (Å²) >= 11 is 5.77. The van der Waals surface area contributed by atoms with Gasteiger partial charge in [0.1, 0.15) is 5.02 Å². The zero-order valence-corrected chi connectivity index (χ0v) is 20.9. The van der Waals surface area contributed by atoms with Crippen LogP contribution in [0.4, 0.5) is 11.4 Å². The predicted octanol–water partition coefficient (Wildman–Crippen LogP) is 4.11. The molecule has 37 heavy (non-hydrogen) atoms. The van der Waals surface area contributed by atoms with Crippen molar-refractivity contribution in [2.45, 2.75) is 23.8 Å². The standard InChI is InChI=1S/C25H22ClN3O7S/c26-21-11-10-18(14-23(21)29(32)33)27-24(30)16-36-25(31)15-22-20-9-5-4-6-17(20)12-13-28(22)37(34,35)19-7-2-1-3-8-19/h1-11,14,22H,12-13,15-16H2,(H,27,30). The summed E-state index contributed by atoms with van der Waals surface area (Å²) < 4.78 is 33.2. The van der Waals surface area contributed by atoms with Gasteiger partial charge in [-0.25, -0.2) is 8.42 Å². The average molecular weight is 544 g/mol. The SMILES string of the molecule is O=C(COC(=O)CC1c2ccccc2CCN1S(=O)(=O)c1ccccc1)Nc1ccc(Cl)c([N+](=O)[O-])c1. The summed E-state index contributed by atoms with van der Waals surface area (Å²) in [5.41, 5.74) is 1.36. The van der Waals surface area contributed by atoms with Crippen LogP contribution in [-0.4, -0.2) is 42.7 Å². The maximum Gasteiger partial charge on any atom is 0.308 e. The van der Waals surface area contributed by atoms with E-state index in [4.69, 9.17) is 16.3 Å². The number of halogens is 1. The molecule has 1 N–H and O–H groups in total. The van der Waals surface area contributed by atoms with Gasteiger partial charge < -0.3 is 10.1 Å². The lowest BCUT2D eigenvalue weighted by molar-refractivity contribution is -0.384. The Morgan fingerprint density at radius 1 is 1.08 bits per heavy atom. The van der Waals surface area contributed by atoms with Gasteiger partial charge in [0.25, 0.3) is 11.6 Å². The van der Waals surface area contributed by atoms with Crippen LogP contribution < -0.4 is 5.32 Å². The van der Waals surface area contributed by atoms with Gasteiger partial charge in [-0.15, -0.1) is 0 Å². The number of anilines is 1. The predicted molar refractivity (Wildman–Crippen MR) is 136 cm³/mol. The van der Waals surface area contributed by atoms with Crippen molar-refractivity contribution in [3.63, 3.8) is 0 Å². The molecule has 0 radical (unpaired) electrons. The maximum absolute atomic E-state index is 13.4. The van der Waals surface area contributed by atoms with Crippen LogP contribution in [0.1, 0.15) is 23.6 Å². The molecule has 0 saturated carbocycles. The number of carbonyl (C=O) groups is 2. The number of nitro benzene ring substituents is 1. The van der Waals surface area contributed by atoms with Crippen LogP contribution in [0.15, 0.2) is 77.7 Å². The van der Waals surface area contributed by atoms with E-state index in [1.807, 2.05) is 12.1 Å². The second-order valence-electron chi connectivity index (χ2n) is 8.23. The minimum absolute atomic E-state index is 0.0859. The van der Waals surface area contributed by atoms with E-state index in [0.29, 0.717) is 12.0 Å². The molecule has 0 fully saturated rings. The number of nitrogens with zero attached hydrogens (tertiary/aromatic N) is 2. The van der Waals surface area contributed by atoms with Gasteiger partial charge >= 0.3 is 5.97 Å². The largest absolute Gasteiger partial charge is 0.456 e. The number of carbonyl (C=O) groups excluding carboxylic acids is 2. The third kappa shape index (κ3) is 5.96. The smallest absolute Gasteiger partial charge is 0.308 e. The Bertz CT molecular complexity index is 1450. The summed E-state index contributed by atoms with van der Waals surface area (Å²) in [6.45, 7) is -0.475. The number of fused-ring (bicyclic) bond motifs is 1. The molecule has 1 aliphatic heterocycles. The highest BCUT2D eigenvalue weighted by atomic mass is 35.5. The van der Waals surface area contributed by atoms with E-state index in [1.165, 1.54) is 28.6 Å². The van der Waals surface area contributed by atoms with Crippen molar-refractivity contribution in [3.05, 3.63) is 99.1 Å². The van der Waals surface area contributed by atoms with Crippen LogP contribution in [0.25, 0.3) is 0 Å². The highest BCUT2D eigenvalue weighted by Crippen LogP contribution is 2.36. The number of sulfonamides is 1. The molecule has 1 heterocycles. The van der Waals surface area contributed by atoms with Crippen molar-refractivity contribution in [1.29, 1.82) is 0 Å². The molecule has 1 unspecified atom stereocenters. The van der Waals surface area contributed by atoms with Gasteiger partial charge in [0.15, 0.2) is 6.61 Å². The Labute approximate surface area is 218 Å². The van der Waals surface area contributed by atoms with E-state index in [9.17, 15) is 28.1 Å². The van der Waals surface area contributed by atoms with Gasteiger partial charge in [-0.05, 0) is 41.8 Å². The number of nitro groups is 1. The number of amides is 1. The number of hydrogen-bond acceptors (Lipinski definition) is 7. The Morgan fingerprint density at radius 2 is 1.78 bits per heavy atom. The quantitative estimate of drug-likeness (QED) is 0.256. The van der Waals surface area contributed by atoms with Crippen LogP contribution in [0.3, 0.4) is 0 Å². The van der Waals surface area contributed by atoms with Crippen LogP contribution in [-0.2, 0) is 30.8 Å². The number of nitrogens with one attached hydrogen (secondary N) is 1. The first-order chi connectivity index (χ1) is 17.7. The van der Waals surface area contributed by atoms with E-state index in [1.54, 1.807) is 30.3 Å². The first-order valence-corrected chi connectivity index (χ1v) is 13.0. The minimum Gasteiger partial charge on any atom is -0.456 e. The normalized spacial score (nSPS) is 15.4. The lowest BCUT2D eigenvalue weighted by atomic mass is 9.92. The van der Waals surface area contributed by atoms with Gasteiger partial charge in [-0.2, -0.15) is 4.31 Å². The van der Waals surface area contributed by atoms with Crippen LogP contribution in [0.2, 0.25) is 5.02 Å². The molecule has 1 aliphatic rings. The van der Waals surface area contributed by atoms with E-state index < -0.39 is 39.5 Å². The first kappa shape index (κ1) is 26.3. The molecule has 0 aromatic heterocycles. The van der Waals surface area contributed by atoms with Gasteiger partial charge in [0, 0.05) is 18.3 Å². The van der Waals surface area contributed by atoms with Crippen molar-refractivity contribution >= 4 is 44.9 Å². The molecule has 10 nitrogen and oxygen atoms in total. The van der Waals surface area contributed by atoms with Gasteiger partial charge in [-0.1, -0.05) is 54.1 Å². The fraction of sp³-hybridized carbons (Fsp3) is 0.200. The molecule has 12 heteroatoms. The van der Waals surface area contributed by atoms with Crippen molar-refractivity contribution in [3.8, 4) is 0 Å². The molecular weight excluding hydrogens is 522 g/mol. The molecule has 3 aromatic rings. The topological polar surface area (TPSA) is 136 Å². The molecule has 192 valence electrons. The minimum atomic E-state index is -3.91. The van der Waals surface area contributed by atoms with Gasteiger partial charge in [0.05, 0.1) is 22.3 Å². The van der Waals surface area contributed by atoms with E-state index in [-0.39, 0.29) is 34.3 Å². The zero-order chi connectivity index (χ0) is 26.6. The molecule has 4 rings (SSSR count). The van der Waals surface area contributed by atoms with E-state index in [2.05, 4.69) is 5.32 Å². The third-order valence-corrected chi connectivity index (χ3v) is 8.11. The van der Waals surface area contributed by atoms with Gasteiger partial charge in [-0.3, -0.25) is 19.7 Å². The Hall–Kier alpha value is -3.80. The molecule has 1 amide bonds. The summed E-state index contributed by atoms with van der Waals surface area (Å²) in [5.74, 6) is -1.49. The number of esters is 1. The monoisotopic (exact) mass is 543 g/mol. The molecule has 1 atom stereocenters. The Balaban J connectivity index is 1.47. The third-order valence-electron chi connectivity index (χ3n) is 5.86. The van der Waals surface area contributed by atoms with Crippen molar-refractivity contribution in [1.82, 2.24) is 4.31 Å². The molecule has 3 aromatic carbocycles. The summed E-state index contributed by atoms with van der Waals surface area (Å²) in [7, 11) is -3.91. The fourth-order valence-electron chi connectivity index (χ4n) is 4.15. The van der Waals surface area contributed by atoms with Crippen molar-refractivity contribution in [2.75, 3.05) is 18.5 Å². The van der Waals surface area contributed by atoms with Gasteiger partial charge in [0.2, 0.25) is 10.0 Å². The van der Waals surface area contributed by atoms with E-state index >= 15 is 0 Å². The maximum atomic E-state index is 13.4. The van der Waals surface area contributed by atoms with Crippen LogP contribution >= 0.6 is 11.6 Å². The number of ether oxygens (including phenoxy) is 1. The number of rotatable bonds is 8. The van der Waals surface area contributed by atoms with Crippen LogP contribution in [0.5, 0.6) is 0 Å². The number of benzene rings is 3. The van der Waals surface area contributed by atoms with E-state index in [0.717, 1.165) is 11.6 Å². The molecule has 0 spiro atoms. The molecule has 0 bridgehead atoms. The summed E-state index contributed by atoms with van der Waals surface area (Å²) in [6, 6.07) is 18.2. The highest BCUT2D eigenvalue weighted by Gasteiger charge is 2.37. The first-order valence-electron chi connectivity index (χ1n) is 11.2. The zero-order valence-electron chi connectivity index (χ0n) is 19.4. The Kier molecular flexibility index (Phi) is 7.86. The second kappa shape index (κ2) is 11.1. The molecule has 0 saturated heterocycles. The number of hydrogen-bond donors (Lipinski definition) is 1. The van der Waals surface area contributed by atoms with Crippen molar-refractivity contribution in [2.24, 2.45) is 0 Å². The molecule has 0 aliphatic carbocycles. The molecular formula is C25H22ClN3O7S. The summed E-state index contributed by atoms with van der Waals surface area (Å²) in [5, 5.41) is 13.4. The fourth-order valence-corrected chi connectivity index (χ4v) is 5.96. The summed E-state index contributed by atoms with van der Waals surface area (Å²) in [4.78, 5) is 35.5. The highest BCUT2D eigenvalue weighted by molar-refractivity contribution is 7.89. The Morgan fingerprint density at radius 3 is 2.51 bits per heavy atom. The van der Waals surface area contributed by atoms with Crippen molar-refractivity contribution < 1.29 is 27.7 Å².